The van der Waals surface area contributed by atoms with Gasteiger partial charge in [-0.25, -0.2) is 4.79 Å². The summed E-state index contributed by atoms with van der Waals surface area (Å²) in [5, 5.41) is 11.1. The molecule has 6 heteroatoms. The van der Waals surface area contributed by atoms with Gasteiger partial charge in [0.25, 0.3) is 0 Å². The molecule has 28 heavy (non-hydrogen) atoms. The smallest absolute Gasteiger partial charge is 0.315 e. The Morgan fingerprint density at radius 2 is 1.93 bits per heavy atom. The second kappa shape index (κ2) is 6.68. The van der Waals surface area contributed by atoms with Gasteiger partial charge in [-0.15, -0.1) is 0 Å². The van der Waals surface area contributed by atoms with Gasteiger partial charge in [-0.1, -0.05) is 0 Å². The monoisotopic (exact) mass is 382 g/mol. The maximum Gasteiger partial charge on any atom is 0.315 e. The summed E-state index contributed by atoms with van der Waals surface area (Å²) in [6.45, 7) is 4.47. The number of carbonyl (C=O) groups excluding carboxylic acids is 1. The van der Waals surface area contributed by atoms with E-state index < -0.39 is 0 Å². The van der Waals surface area contributed by atoms with E-state index in [-0.39, 0.29) is 17.6 Å². The largest absolute Gasteiger partial charge is 0.467 e. The average molecular weight is 383 g/mol. The first-order chi connectivity index (χ1) is 13.5. The van der Waals surface area contributed by atoms with Crippen molar-refractivity contribution in [2.45, 2.75) is 64.0 Å². The minimum absolute atomic E-state index is 0.0250. The third-order valence-electron chi connectivity index (χ3n) is 7.08. The summed E-state index contributed by atoms with van der Waals surface area (Å²) in [5.74, 6) is 3.26. The van der Waals surface area contributed by atoms with Gasteiger partial charge < -0.3 is 15.1 Å². The highest BCUT2D eigenvalue weighted by Gasteiger charge is 2.51. The third kappa shape index (κ3) is 3.23. The lowest BCUT2D eigenvalue weighted by Gasteiger charge is -2.56. The molecule has 6 nitrogen and oxygen atoms in total. The lowest BCUT2D eigenvalue weighted by Crippen LogP contribution is -2.61. The van der Waals surface area contributed by atoms with Crippen LogP contribution in [0.15, 0.2) is 28.9 Å². The van der Waals surface area contributed by atoms with Crippen LogP contribution in [0.5, 0.6) is 0 Å². The van der Waals surface area contributed by atoms with Crippen molar-refractivity contribution in [3.63, 3.8) is 0 Å². The van der Waals surface area contributed by atoms with Crippen LogP contribution in [0.4, 0.5) is 4.79 Å². The zero-order chi connectivity index (χ0) is 19.3. The SMILES string of the molecule is Cc1cc(C)n(C(CNC(=O)NC23CC4CC(CC(C4)C2)C3)c2ccco2)n1. The Labute approximate surface area is 166 Å². The van der Waals surface area contributed by atoms with Crippen LogP contribution in [0.2, 0.25) is 0 Å². The van der Waals surface area contributed by atoms with E-state index in [0.29, 0.717) is 6.54 Å². The topological polar surface area (TPSA) is 72.1 Å². The van der Waals surface area contributed by atoms with Gasteiger partial charge in [-0.3, -0.25) is 4.68 Å². The molecule has 4 aliphatic rings. The number of furan rings is 1. The van der Waals surface area contributed by atoms with Gasteiger partial charge in [-0.05, 0) is 88.3 Å². The molecule has 2 N–H and O–H groups in total. The molecule has 4 aliphatic carbocycles. The molecule has 4 fully saturated rings. The lowest BCUT2D eigenvalue weighted by molar-refractivity contribution is -0.0135. The maximum atomic E-state index is 12.8. The number of aryl methyl sites for hydroxylation is 2. The minimum atomic E-state index is -0.147. The fourth-order valence-corrected chi connectivity index (χ4v) is 6.49. The van der Waals surface area contributed by atoms with E-state index in [0.717, 1.165) is 54.2 Å². The van der Waals surface area contributed by atoms with E-state index in [1.807, 2.05) is 36.7 Å². The molecule has 1 unspecified atom stereocenters. The molecular weight excluding hydrogens is 352 g/mol. The standard InChI is InChI=1S/C22H30N4O2/c1-14-6-15(2)26(25-14)19(20-4-3-5-28-20)13-23-21(27)24-22-10-16-7-17(11-22)9-18(8-16)12-22/h3-6,16-19H,7-13H2,1-2H3,(H2,23,24,27). The molecule has 0 aliphatic heterocycles. The normalized spacial score (nSPS) is 31.7. The Bertz CT molecular complexity index is 819. The first kappa shape index (κ1) is 17.8. The molecule has 2 aromatic rings. The molecule has 6 rings (SSSR count). The molecule has 2 amide bonds. The Morgan fingerprint density at radius 1 is 1.25 bits per heavy atom. The highest BCUT2D eigenvalue weighted by molar-refractivity contribution is 5.75. The van der Waals surface area contributed by atoms with Crippen LogP contribution in [-0.2, 0) is 0 Å². The van der Waals surface area contributed by atoms with Crippen LogP contribution in [0.3, 0.4) is 0 Å². The van der Waals surface area contributed by atoms with E-state index >= 15 is 0 Å². The number of hydrogen-bond donors (Lipinski definition) is 2. The van der Waals surface area contributed by atoms with Gasteiger partial charge in [0.15, 0.2) is 0 Å². The summed E-state index contributed by atoms with van der Waals surface area (Å²) in [6, 6.07) is 5.67. The van der Waals surface area contributed by atoms with Gasteiger partial charge in [-0.2, -0.15) is 5.10 Å². The Morgan fingerprint density at radius 3 is 2.46 bits per heavy atom. The van der Waals surface area contributed by atoms with Crippen LogP contribution in [-0.4, -0.2) is 27.9 Å². The molecule has 2 aromatic heterocycles. The van der Waals surface area contributed by atoms with Gasteiger partial charge >= 0.3 is 6.03 Å². The van der Waals surface area contributed by atoms with Crippen molar-refractivity contribution in [1.82, 2.24) is 20.4 Å². The zero-order valence-electron chi connectivity index (χ0n) is 16.8. The number of aromatic nitrogens is 2. The highest BCUT2D eigenvalue weighted by atomic mass is 16.3. The fourth-order valence-electron chi connectivity index (χ4n) is 6.49. The first-order valence-electron chi connectivity index (χ1n) is 10.6. The van der Waals surface area contributed by atoms with Gasteiger partial charge in [0.2, 0.25) is 0 Å². The van der Waals surface area contributed by atoms with Crippen molar-refractivity contribution in [3.8, 4) is 0 Å². The van der Waals surface area contributed by atoms with E-state index in [1.165, 1.54) is 19.3 Å². The van der Waals surface area contributed by atoms with E-state index in [1.54, 1.807) is 6.26 Å². The number of amides is 2. The van der Waals surface area contributed by atoms with Crippen molar-refractivity contribution in [2.75, 3.05) is 6.54 Å². The number of nitrogens with one attached hydrogen (secondary N) is 2. The van der Waals surface area contributed by atoms with Crippen molar-refractivity contribution >= 4 is 6.03 Å². The molecule has 0 aromatic carbocycles. The van der Waals surface area contributed by atoms with Gasteiger partial charge in [0.1, 0.15) is 11.8 Å². The molecule has 0 radical (unpaired) electrons. The Balaban J connectivity index is 1.27. The van der Waals surface area contributed by atoms with Crippen molar-refractivity contribution in [2.24, 2.45) is 17.8 Å². The molecule has 2 heterocycles. The molecule has 0 saturated heterocycles. The molecule has 4 bridgehead atoms. The van der Waals surface area contributed by atoms with Crippen LogP contribution in [0, 0.1) is 31.6 Å². The predicted molar refractivity (Wildman–Crippen MR) is 106 cm³/mol. The van der Waals surface area contributed by atoms with Crippen molar-refractivity contribution in [3.05, 3.63) is 41.6 Å². The number of urea groups is 1. The number of rotatable bonds is 5. The van der Waals surface area contributed by atoms with E-state index in [2.05, 4.69) is 15.7 Å². The second-order valence-corrected chi connectivity index (χ2v) is 9.44. The Hall–Kier alpha value is -2.24. The highest BCUT2D eigenvalue weighted by Crippen LogP contribution is 2.55. The zero-order valence-corrected chi connectivity index (χ0v) is 16.8. The maximum absolute atomic E-state index is 12.8. The first-order valence-corrected chi connectivity index (χ1v) is 10.6. The summed E-state index contributed by atoms with van der Waals surface area (Å²) in [5.41, 5.74) is 2.05. The van der Waals surface area contributed by atoms with Crippen LogP contribution >= 0.6 is 0 Å². The van der Waals surface area contributed by atoms with Crippen LogP contribution in [0.25, 0.3) is 0 Å². The van der Waals surface area contributed by atoms with Crippen LogP contribution < -0.4 is 10.6 Å². The molecule has 4 saturated carbocycles. The number of carbonyl (C=O) groups is 1. The third-order valence-corrected chi connectivity index (χ3v) is 7.08. The molecule has 150 valence electrons. The molecular formula is C22H30N4O2. The fraction of sp³-hybridized carbons (Fsp3) is 0.636. The summed E-state index contributed by atoms with van der Waals surface area (Å²) < 4.78 is 7.59. The summed E-state index contributed by atoms with van der Waals surface area (Å²) in [6.07, 6.45) is 9.27. The average Bonchev–Trinajstić information content (AvgIpc) is 3.24. The van der Waals surface area contributed by atoms with Crippen LogP contribution in [0.1, 0.15) is 61.7 Å². The van der Waals surface area contributed by atoms with Crippen molar-refractivity contribution < 1.29 is 9.21 Å². The summed E-state index contributed by atoms with van der Waals surface area (Å²) in [7, 11) is 0. The van der Waals surface area contributed by atoms with Crippen molar-refractivity contribution in [1.29, 1.82) is 0 Å². The Kier molecular flexibility index (Phi) is 4.25. The quantitative estimate of drug-likeness (QED) is 0.822. The minimum Gasteiger partial charge on any atom is -0.467 e. The van der Waals surface area contributed by atoms with Gasteiger partial charge in [0.05, 0.1) is 12.0 Å². The molecule has 1 atom stereocenters. The number of nitrogens with zero attached hydrogens (tertiary/aromatic N) is 2. The lowest BCUT2D eigenvalue weighted by atomic mass is 9.53. The number of hydrogen-bond acceptors (Lipinski definition) is 3. The predicted octanol–water partition coefficient (Wildman–Crippen LogP) is 3.95. The van der Waals surface area contributed by atoms with E-state index in [4.69, 9.17) is 4.42 Å². The molecule has 0 spiro atoms. The second-order valence-electron chi connectivity index (χ2n) is 9.44. The van der Waals surface area contributed by atoms with Gasteiger partial charge in [0, 0.05) is 17.8 Å². The van der Waals surface area contributed by atoms with E-state index in [9.17, 15) is 4.79 Å². The summed E-state index contributed by atoms with van der Waals surface area (Å²) in [4.78, 5) is 12.8. The summed E-state index contributed by atoms with van der Waals surface area (Å²) >= 11 is 0.